The number of pyridine rings is 1. The van der Waals surface area contributed by atoms with Gasteiger partial charge >= 0.3 is 0 Å². The zero-order chi connectivity index (χ0) is 38.6. The van der Waals surface area contributed by atoms with E-state index in [2.05, 4.69) is 25.8 Å². The minimum Gasteiger partial charge on any atom is -0.511 e. The number of rotatable bonds is 10. The molecule has 13 nitrogen and oxygen atoms in total. The number of aromatic hydroxyl groups is 1. The first kappa shape index (κ1) is 37.8. The van der Waals surface area contributed by atoms with E-state index in [4.69, 9.17) is 0 Å². The maximum Gasteiger partial charge on any atom is 0.275 e. The van der Waals surface area contributed by atoms with E-state index in [1.807, 2.05) is 97.1 Å². The SMILES string of the molecule is CNC(=O)/C(C=O)=N/N(/C=C(\C)O)Cc1ccccc1-c1ccccc1.CNC(=O)c1nn(-c2ccccc2-c2ccc3ccncc3c2)cc(O)c1=O. The number of aromatic nitrogens is 3. The molecule has 6 rings (SSSR count). The largest absolute Gasteiger partial charge is 0.511 e. The number of carbonyl (C=O) groups is 3. The van der Waals surface area contributed by atoms with Crippen molar-refractivity contribution in [2.24, 2.45) is 5.10 Å². The first-order chi connectivity index (χ1) is 26.1. The highest BCUT2D eigenvalue weighted by molar-refractivity contribution is 6.59. The predicted octanol–water partition coefficient (Wildman–Crippen LogP) is 5.39. The summed E-state index contributed by atoms with van der Waals surface area (Å²) in [5.41, 5.74) is 3.87. The van der Waals surface area contributed by atoms with Gasteiger partial charge in [-0.25, -0.2) is 4.68 Å². The number of fused-ring (bicyclic) bond motifs is 1. The number of carbonyl (C=O) groups excluding carboxylic acids is 3. The summed E-state index contributed by atoms with van der Waals surface area (Å²) in [4.78, 5) is 51.1. The van der Waals surface area contributed by atoms with Crippen molar-refractivity contribution in [1.82, 2.24) is 30.4 Å². The number of aliphatic hydroxyl groups excluding tert-OH is 1. The molecular weight excluding hydrogens is 686 g/mol. The van der Waals surface area contributed by atoms with Gasteiger partial charge in [0.05, 0.1) is 24.6 Å². The lowest BCUT2D eigenvalue weighted by Crippen LogP contribution is -2.30. The predicted molar refractivity (Wildman–Crippen MR) is 207 cm³/mol. The van der Waals surface area contributed by atoms with Crippen LogP contribution >= 0.6 is 0 Å². The van der Waals surface area contributed by atoms with Crippen LogP contribution in [-0.2, 0) is 16.1 Å². The molecule has 0 aliphatic heterocycles. The van der Waals surface area contributed by atoms with E-state index in [9.17, 15) is 29.4 Å². The van der Waals surface area contributed by atoms with Crippen molar-refractivity contribution in [3.05, 3.63) is 155 Å². The summed E-state index contributed by atoms with van der Waals surface area (Å²) in [5, 5.41) is 36.0. The van der Waals surface area contributed by atoms with Crippen LogP contribution in [0.4, 0.5) is 0 Å². The van der Waals surface area contributed by atoms with Crippen molar-refractivity contribution in [3.8, 4) is 33.7 Å². The Morgan fingerprint density at radius 2 is 1.57 bits per heavy atom. The fourth-order valence-electron chi connectivity index (χ4n) is 5.48. The first-order valence-corrected chi connectivity index (χ1v) is 16.6. The quantitative estimate of drug-likeness (QED) is 0.0474. The zero-order valence-corrected chi connectivity index (χ0v) is 29.7. The Balaban J connectivity index is 0.000000208. The number of amides is 2. The topological polar surface area (TPSA) is 179 Å². The molecule has 0 saturated carbocycles. The zero-order valence-electron chi connectivity index (χ0n) is 29.7. The van der Waals surface area contributed by atoms with Crippen molar-refractivity contribution in [2.75, 3.05) is 14.1 Å². The van der Waals surface area contributed by atoms with Gasteiger partial charge in [0.15, 0.2) is 23.4 Å². The maximum atomic E-state index is 12.1. The Hall–Kier alpha value is -7.41. The Morgan fingerprint density at radius 3 is 2.28 bits per heavy atom. The minimum atomic E-state index is -0.815. The van der Waals surface area contributed by atoms with Crippen LogP contribution in [0, 0.1) is 0 Å². The molecule has 0 bridgehead atoms. The van der Waals surface area contributed by atoms with Gasteiger partial charge in [-0.2, -0.15) is 10.2 Å². The normalized spacial score (nSPS) is 11.2. The molecule has 54 heavy (non-hydrogen) atoms. The van der Waals surface area contributed by atoms with E-state index >= 15 is 0 Å². The standard InChI is InChI=1S/C21H16N4O3.C20H21N3O3/c1-22-21(28)19-20(27)18(26)12-25(24-19)17-5-3-2-4-16(17)14-7-6-13-8-9-23-11-15(13)10-14;1-15(25)12-23(22-19(14-24)20(26)21-2)13-17-10-6-7-11-18(17)16-8-4-3-5-9-16/h2-12,26H,1H3,(H,22,28);3-12,14,25H,13H2,1-2H3,(H,21,26)/b;15-12+,22-19+. The third-order valence-electron chi connectivity index (χ3n) is 8.02. The van der Waals surface area contributed by atoms with Crippen molar-refractivity contribution in [1.29, 1.82) is 0 Å². The van der Waals surface area contributed by atoms with Crippen LogP contribution in [0.2, 0.25) is 0 Å². The monoisotopic (exact) mass is 723 g/mol. The second kappa shape index (κ2) is 17.7. The van der Waals surface area contributed by atoms with Gasteiger partial charge < -0.3 is 20.8 Å². The van der Waals surface area contributed by atoms with Gasteiger partial charge in [-0.05, 0) is 52.8 Å². The maximum absolute atomic E-state index is 12.1. The number of nitrogens with one attached hydrogen (secondary N) is 2. The number of aliphatic hydroxyl groups is 1. The molecule has 0 radical (unpaired) electrons. The number of aldehydes is 1. The van der Waals surface area contributed by atoms with Crippen molar-refractivity contribution < 1.29 is 24.6 Å². The third-order valence-corrected chi connectivity index (χ3v) is 8.02. The van der Waals surface area contributed by atoms with E-state index in [1.165, 1.54) is 43.1 Å². The fourth-order valence-corrected chi connectivity index (χ4v) is 5.48. The average molecular weight is 724 g/mol. The molecule has 4 aromatic carbocycles. The molecular formula is C41H37N7O6. The van der Waals surface area contributed by atoms with Gasteiger partial charge in [0, 0.05) is 37.4 Å². The number of nitrogens with zero attached hydrogens (tertiary/aromatic N) is 5. The van der Waals surface area contributed by atoms with E-state index in [-0.39, 0.29) is 23.7 Å². The molecule has 0 aliphatic carbocycles. The first-order valence-electron chi connectivity index (χ1n) is 16.6. The summed E-state index contributed by atoms with van der Waals surface area (Å²) in [6.07, 6.45) is 6.48. The molecule has 0 aliphatic rings. The van der Waals surface area contributed by atoms with Gasteiger partial charge in [0.25, 0.3) is 17.2 Å². The van der Waals surface area contributed by atoms with Crippen molar-refractivity contribution >= 4 is 34.6 Å². The second-order valence-electron chi connectivity index (χ2n) is 11.7. The summed E-state index contributed by atoms with van der Waals surface area (Å²) in [6, 6.07) is 32.9. The third kappa shape index (κ3) is 9.08. The molecule has 4 N–H and O–H groups in total. The molecule has 2 amide bonds. The van der Waals surface area contributed by atoms with Crippen LogP contribution in [-0.4, -0.2) is 67.9 Å². The van der Waals surface area contributed by atoms with Crippen LogP contribution < -0.4 is 16.1 Å². The number of hydrazone groups is 1. The summed E-state index contributed by atoms with van der Waals surface area (Å²) in [6.45, 7) is 1.77. The highest BCUT2D eigenvalue weighted by Gasteiger charge is 2.18. The molecule has 0 fully saturated rings. The van der Waals surface area contributed by atoms with Crippen molar-refractivity contribution in [3.63, 3.8) is 0 Å². The second-order valence-corrected chi connectivity index (χ2v) is 11.7. The van der Waals surface area contributed by atoms with Gasteiger partial charge in [-0.3, -0.25) is 29.2 Å². The minimum absolute atomic E-state index is 0.00750. The number of benzene rings is 4. The Morgan fingerprint density at radius 1 is 0.870 bits per heavy atom. The lowest BCUT2D eigenvalue weighted by atomic mass is 10.00. The van der Waals surface area contributed by atoms with Crippen LogP contribution in [0.1, 0.15) is 23.0 Å². The lowest BCUT2D eigenvalue weighted by molar-refractivity contribution is -0.115. The summed E-state index contributed by atoms with van der Waals surface area (Å²) in [5.74, 6) is -1.80. The van der Waals surface area contributed by atoms with Gasteiger partial charge in [-0.15, -0.1) is 0 Å². The number of hydrogen-bond donors (Lipinski definition) is 4. The van der Waals surface area contributed by atoms with Gasteiger partial charge in [0.2, 0.25) is 0 Å². The fraction of sp³-hybridized carbons (Fsp3) is 0.0976. The number of para-hydroxylation sites is 1. The van der Waals surface area contributed by atoms with Crippen molar-refractivity contribution in [2.45, 2.75) is 13.5 Å². The molecule has 0 spiro atoms. The van der Waals surface area contributed by atoms with Gasteiger partial charge in [0.1, 0.15) is 5.76 Å². The van der Waals surface area contributed by atoms with Crippen LogP contribution in [0.25, 0.3) is 38.7 Å². The molecule has 0 unspecified atom stereocenters. The summed E-state index contributed by atoms with van der Waals surface area (Å²) >= 11 is 0. The van der Waals surface area contributed by atoms with E-state index in [0.717, 1.165) is 38.6 Å². The lowest BCUT2D eigenvalue weighted by Gasteiger charge is -2.18. The van der Waals surface area contributed by atoms with E-state index in [0.29, 0.717) is 12.0 Å². The Kier molecular flexibility index (Phi) is 12.4. The molecule has 13 heteroatoms. The Bertz CT molecular complexity index is 2420. The van der Waals surface area contributed by atoms with E-state index < -0.39 is 23.0 Å². The number of allylic oxidation sites excluding steroid dienone is 1. The molecule has 2 aromatic heterocycles. The highest BCUT2D eigenvalue weighted by Crippen LogP contribution is 2.29. The highest BCUT2D eigenvalue weighted by atomic mass is 16.3. The van der Waals surface area contributed by atoms with Crippen LogP contribution in [0.3, 0.4) is 0 Å². The smallest absolute Gasteiger partial charge is 0.275 e. The molecule has 0 saturated heterocycles. The van der Waals surface area contributed by atoms with Crippen LogP contribution in [0.5, 0.6) is 5.75 Å². The summed E-state index contributed by atoms with van der Waals surface area (Å²) < 4.78 is 1.34. The van der Waals surface area contributed by atoms with Crippen LogP contribution in [0.15, 0.2) is 144 Å². The summed E-state index contributed by atoms with van der Waals surface area (Å²) in [7, 11) is 2.82. The molecule has 0 atom stereocenters. The number of hydrogen-bond acceptors (Lipinski definition) is 10. The van der Waals surface area contributed by atoms with E-state index in [1.54, 1.807) is 18.5 Å². The molecule has 272 valence electrons. The molecule has 2 heterocycles. The average Bonchev–Trinajstić information content (AvgIpc) is 3.20. The van der Waals surface area contributed by atoms with Gasteiger partial charge in [-0.1, -0.05) is 84.9 Å². The molecule has 6 aromatic rings. The Labute approximate surface area is 310 Å².